The Hall–Kier alpha value is -0.950. The monoisotopic (exact) mass is 261 g/mol. The summed E-state index contributed by atoms with van der Waals surface area (Å²) in [6, 6.07) is 7.02. The third kappa shape index (κ3) is 2.05. The summed E-state index contributed by atoms with van der Waals surface area (Å²) in [4.78, 5) is 0. The molecule has 1 heterocycles. The summed E-state index contributed by atoms with van der Waals surface area (Å²) in [5, 5.41) is 2.19. The smallest absolute Gasteiger partial charge is 0.0486 e. The molecule has 0 aliphatic heterocycles. The zero-order valence-corrected chi connectivity index (χ0v) is 11.7. The van der Waals surface area contributed by atoms with Gasteiger partial charge in [0.05, 0.1) is 0 Å². The Morgan fingerprint density at radius 2 is 2.00 bits per heavy atom. The summed E-state index contributed by atoms with van der Waals surface area (Å²) in [5.41, 5.74) is 2.79. The molecule has 0 spiro atoms. The highest BCUT2D eigenvalue weighted by molar-refractivity contribution is 6.31. The molecular formula is C16H20ClN. The standard InChI is InChI=1S/C16H20ClN/c1-2-12-11-18(14-6-4-3-5-7-14)16-9-8-13(17)10-15(12)16/h8-11,14H,2-7H2,1H3. The van der Waals surface area contributed by atoms with Crippen LogP contribution in [0.4, 0.5) is 0 Å². The van der Waals surface area contributed by atoms with Crippen LogP contribution in [0, 0.1) is 0 Å². The fourth-order valence-corrected chi connectivity index (χ4v) is 3.41. The lowest BCUT2D eigenvalue weighted by atomic mass is 9.95. The first kappa shape index (κ1) is 12.1. The van der Waals surface area contributed by atoms with Gasteiger partial charge in [0.1, 0.15) is 0 Å². The second-order valence-electron chi connectivity index (χ2n) is 5.37. The molecule has 0 unspecified atom stereocenters. The van der Waals surface area contributed by atoms with Crippen molar-refractivity contribution in [3.05, 3.63) is 35.0 Å². The van der Waals surface area contributed by atoms with E-state index in [1.165, 1.54) is 48.6 Å². The van der Waals surface area contributed by atoms with Crippen molar-refractivity contribution in [3.63, 3.8) is 0 Å². The molecule has 0 radical (unpaired) electrons. The first-order valence-electron chi connectivity index (χ1n) is 7.08. The maximum absolute atomic E-state index is 6.13. The van der Waals surface area contributed by atoms with Gasteiger partial charge in [-0.15, -0.1) is 0 Å². The minimum atomic E-state index is 0.697. The van der Waals surface area contributed by atoms with Gasteiger partial charge in [-0.1, -0.05) is 37.8 Å². The van der Waals surface area contributed by atoms with Gasteiger partial charge in [-0.25, -0.2) is 0 Å². The van der Waals surface area contributed by atoms with Gasteiger partial charge < -0.3 is 4.57 Å². The maximum Gasteiger partial charge on any atom is 0.0486 e. The van der Waals surface area contributed by atoms with Crippen LogP contribution in [-0.4, -0.2) is 4.57 Å². The summed E-state index contributed by atoms with van der Waals surface area (Å²) in [7, 11) is 0. The van der Waals surface area contributed by atoms with Gasteiger partial charge in [0.25, 0.3) is 0 Å². The Labute approximate surface area is 114 Å². The van der Waals surface area contributed by atoms with Crippen LogP contribution in [0.15, 0.2) is 24.4 Å². The van der Waals surface area contributed by atoms with Crippen LogP contribution in [0.25, 0.3) is 10.9 Å². The maximum atomic E-state index is 6.13. The zero-order chi connectivity index (χ0) is 12.5. The first-order valence-corrected chi connectivity index (χ1v) is 7.46. The van der Waals surface area contributed by atoms with Gasteiger partial charge in [-0.3, -0.25) is 0 Å². The molecule has 1 nitrogen and oxygen atoms in total. The quantitative estimate of drug-likeness (QED) is 0.686. The van der Waals surface area contributed by atoms with Crippen molar-refractivity contribution in [2.75, 3.05) is 0 Å². The normalized spacial score (nSPS) is 17.4. The number of nitrogens with zero attached hydrogens (tertiary/aromatic N) is 1. The molecule has 2 aromatic rings. The Kier molecular flexibility index (Phi) is 3.34. The molecule has 1 fully saturated rings. The number of benzene rings is 1. The number of fused-ring (bicyclic) bond motifs is 1. The van der Waals surface area contributed by atoms with Crippen molar-refractivity contribution in [2.24, 2.45) is 0 Å². The van der Waals surface area contributed by atoms with E-state index in [0.717, 1.165) is 11.4 Å². The molecule has 0 saturated heterocycles. The summed E-state index contributed by atoms with van der Waals surface area (Å²) < 4.78 is 2.50. The van der Waals surface area contributed by atoms with E-state index in [1.807, 2.05) is 6.07 Å². The average molecular weight is 262 g/mol. The highest BCUT2D eigenvalue weighted by Gasteiger charge is 2.18. The Morgan fingerprint density at radius 3 is 2.72 bits per heavy atom. The lowest BCUT2D eigenvalue weighted by Gasteiger charge is -2.24. The fourth-order valence-electron chi connectivity index (χ4n) is 3.24. The van der Waals surface area contributed by atoms with E-state index >= 15 is 0 Å². The fraction of sp³-hybridized carbons (Fsp3) is 0.500. The van der Waals surface area contributed by atoms with Crippen LogP contribution in [0.2, 0.25) is 5.02 Å². The van der Waals surface area contributed by atoms with Crippen molar-refractivity contribution < 1.29 is 0 Å². The second kappa shape index (κ2) is 4.97. The van der Waals surface area contributed by atoms with Gasteiger partial charge in [0.15, 0.2) is 0 Å². The minimum Gasteiger partial charge on any atom is -0.344 e. The number of hydrogen-bond donors (Lipinski definition) is 0. The minimum absolute atomic E-state index is 0.697. The molecule has 1 aliphatic carbocycles. The molecule has 0 amide bonds. The highest BCUT2D eigenvalue weighted by Crippen LogP contribution is 2.34. The molecule has 96 valence electrons. The van der Waals surface area contributed by atoms with E-state index in [0.29, 0.717) is 6.04 Å². The lowest BCUT2D eigenvalue weighted by molar-refractivity contribution is 0.360. The molecule has 0 bridgehead atoms. The molecule has 1 aliphatic rings. The van der Waals surface area contributed by atoms with E-state index < -0.39 is 0 Å². The SMILES string of the molecule is CCc1cn(C2CCCCC2)c2ccc(Cl)cc12. The summed E-state index contributed by atoms with van der Waals surface area (Å²) in [6.45, 7) is 2.22. The third-order valence-corrected chi connectivity index (χ3v) is 4.46. The number of aryl methyl sites for hydroxylation is 1. The molecule has 1 aromatic heterocycles. The third-order valence-electron chi connectivity index (χ3n) is 4.23. The molecule has 3 rings (SSSR count). The summed E-state index contributed by atoms with van der Waals surface area (Å²) in [5.74, 6) is 0. The molecule has 1 aromatic carbocycles. The van der Waals surface area contributed by atoms with E-state index in [-0.39, 0.29) is 0 Å². The van der Waals surface area contributed by atoms with Crippen LogP contribution in [0.1, 0.15) is 50.6 Å². The second-order valence-corrected chi connectivity index (χ2v) is 5.80. The van der Waals surface area contributed by atoms with Gasteiger partial charge in [0.2, 0.25) is 0 Å². The average Bonchev–Trinajstić information content (AvgIpc) is 2.77. The number of halogens is 1. The van der Waals surface area contributed by atoms with E-state index in [1.54, 1.807) is 0 Å². The summed E-state index contributed by atoms with van der Waals surface area (Å²) >= 11 is 6.13. The topological polar surface area (TPSA) is 4.93 Å². The van der Waals surface area contributed by atoms with Gasteiger partial charge in [-0.05, 0) is 43.0 Å². The van der Waals surface area contributed by atoms with E-state index in [4.69, 9.17) is 11.6 Å². The van der Waals surface area contributed by atoms with Crippen molar-refractivity contribution in [2.45, 2.75) is 51.5 Å². The van der Waals surface area contributed by atoms with E-state index in [9.17, 15) is 0 Å². The Balaban J connectivity index is 2.11. The van der Waals surface area contributed by atoms with Crippen molar-refractivity contribution >= 4 is 22.5 Å². The van der Waals surface area contributed by atoms with Crippen molar-refractivity contribution in [3.8, 4) is 0 Å². The van der Waals surface area contributed by atoms with Gasteiger partial charge in [-0.2, -0.15) is 0 Å². The van der Waals surface area contributed by atoms with Crippen LogP contribution < -0.4 is 0 Å². The van der Waals surface area contributed by atoms with E-state index in [2.05, 4.69) is 29.8 Å². The molecule has 2 heteroatoms. The van der Waals surface area contributed by atoms with Crippen LogP contribution in [0.3, 0.4) is 0 Å². The molecule has 18 heavy (non-hydrogen) atoms. The molecule has 0 atom stereocenters. The number of rotatable bonds is 2. The van der Waals surface area contributed by atoms with Crippen LogP contribution in [-0.2, 0) is 6.42 Å². The summed E-state index contributed by atoms with van der Waals surface area (Å²) in [6.07, 6.45) is 10.2. The molecular weight excluding hydrogens is 242 g/mol. The lowest BCUT2D eigenvalue weighted by Crippen LogP contribution is -2.11. The largest absolute Gasteiger partial charge is 0.344 e. The number of hydrogen-bond acceptors (Lipinski definition) is 0. The van der Waals surface area contributed by atoms with Crippen LogP contribution >= 0.6 is 11.6 Å². The number of aromatic nitrogens is 1. The Morgan fingerprint density at radius 1 is 1.22 bits per heavy atom. The Bertz CT molecular complexity index is 549. The van der Waals surface area contributed by atoms with Gasteiger partial charge in [0, 0.05) is 28.2 Å². The molecule has 0 N–H and O–H groups in total. The van der Waals surface area contributed by atoms with Crippen molar-refractivity contribution in [1.29, 1.82) is 0 Å². The predicted octanol–water partition coefficient (Wildman–Crippen LogP) is 5.36. The predicted molar refractivity (Wildman–Crippen MR) is 78.4 cm³/mol. The highest BCUT2D eigenvalue weighted by atomic mass is 35.5. The van der Waals surface area contributed by atoms with Crippen LogP contribution in [0.5, 0.6) is 0 Å². The first-order chi connectivity index (χ1) is 8.79. The van der Waals surface area contributed by atoms with Gasteiger partial charge >= 0.3 is 0 Å². The molecule has 1 saturated carbocycles. The zero-order valence-electron chi connectivity index (χ0n) is 11.0. The van der Waals surface area contributed by atoms with Crippen molar-refractivity contribution in [1.82, 2.24) is 4.57 Å².